The second-order valence-corrected chi connectivity index (χ2v) is 6.51. The van der Waals surface area contributed by atoms with E-state index in [1.807, 2.05) is 67.6 Å². The van der Waals surface area contributed by atoms with Crippen molar-refractivity contribution in [2.45, 2.75) is 13.8 Å². The molecule has 4 nitrogen and oxygen atoms in total. The van der Waals surface area contributed by atoms with Crippen LogP contribution >= 0.6 is 0 Å². The van der Waals surface area contributed by atoms with Gasteiger partial charge in [-0.15, -0.1) is 0 Å². The van der Waals surface area contributed by atoms with Crippen LogP contribution in [-0.2, 0) is 0 Å². The number of amides is 1. The number of hydrogen-bond donors (Lipinski definition) is 2. The fraction of sp³-hybridized carbons (Fsp3) is 0.0909. The highest BCUT2D eigenvalue weighted by molar-refractivity contribution is 6.04. The first-order valence-electron chi connectivity index (χ1n) is 8.53. The number of nitrogens with one attached hydrogen (secondary N) is 2. The average molecular weight is 341 g/mol. The molecule has 0 unspecified atom stereocenters. The fourth-order valence-electron chi connectivity index (χ4n) is 2.97. The number of aromatic amines is 1. The first-order valence-corrected chi connectivity index (χ1v) is 8.53. The van der Waals surface area contributed by atoms with Crippen molar-refractivity contribution in [3.05, 3.63) is 83.4 Å². The number of aromatic nitrogens is 2. The third-order valence-electron chi connectivity index (χ3n) is 4.33. The first-order chi connectivity index (χ1) is 12.6. The molecule has 4 rings (SSSR count). The van der Waals surface area contributed by atoms with Gasteiger partial charge in [0.15, 0.2) is 0 Å². The van der Waals surface area contributed by atoms with Crippen molar-refractivity contribution in [2.75, 3.05) is 5.32 Å². The third kappa shape index (κ3) is 3.22. The Bertz CT molecular complexity index is 1090. The zero-order valence-electron chi connectivity index (χ0n) is 14.7. The molecule has 128 valence electrons. The minimum absolute atomic E-state index is 0.123. The van der Waals surface area contributed by atoms with Gasteiger partial charge in [0.1, 0.15) is 5.82 Å². The van der Waals surface area contributed by atoms with E-state index in [2.05, 4.69) is 28.3 Å². The van der Waals surface area contributed by atoms with Gasteiger partial charge < -0.3 is 10.3 Å². The number of aryl methyl sites for hydroxylation is 2. The maximum absolute atomic E-state index is 12.4. The summed E-state index contributed by atoms with van der Waals surface area (Å²) in [6, 6.07) is 21.4. The Hall–Kier alpha value is -3.40. The Balaban J connectivity index is 1.56. The lowest BCUT2D eigenvalue weighted by molar-refractivity contribution is 0.102. The van der Waals surface area contributed by atoms with Crippen LogP contribution in [0.4, 0.5) is 5.69 Å². The van der Waals surface area contributed by atoms with Crippen LogP contribution in [0.1, 0.15) is 21.5 Å². The molecular formula is C22H19N3O. The summed E-state index contributed by atoms with van der Waals surface area (Å²) in [4.78, 5) is 20.4. The van der Waals surface area contributed by atoms with Crippen molar-refractivity contribution in [1.29, 1.82) is 0 Å². The Morgan fingerprint density at radius 3 is 2.46 bits per heavy atom. The first kappa shape index (κ1) is 16.1. The summed E-state index contributed by atoms with van der Waals surface area (Å²) in [5, 5.41) is 2.92. The lowest BCUT2D eigenvalue weighted by Crippen LogP contribution is -2.11. The molecule has 0 aliphatic rings. The summed E-state index contributed by atoms with van der Waals surface area (Å²) in [6.45, 7) is 4.06. The van der Waals surface area contributed by atoms with Gasteiger partial charge in [-0.05, 0) is 61.4 Å². The Kier molecular flexibility index (Phi) is 4.01. The molecule has 0 radical (unpaired) electrons. The molecule has 26 heavy (non-hydrogen) atoms. The highest BCUT2D eigenvalue weighted by atomic mass is 16.1. The zero-order valence-corrected chi connectivity index (χ0v) is 14.7. The highest BCUT2D eigenvalue weighted by Gasteiger charge is 2.09. The predicted molar refractivity (Wildman–Crippen MR) is 105 cm³/mol. The molecule has 1 amide bonds. The summed E-state index contributed by atoms with van der Waals surface area (Å²) < 4.78 is 0. The lowest BCUT2D eigenvalue weighted by atomic mass is 10.1. The summed E-state index contributed by atoms with van der Waals surface area (Å²) in [7, 11) is 0. The van der Waals surface area contributed by atoms with E-state index in [0.717, 1.165) is 33.7 Å². The van der Waals surface area contributed by atoms with Gasteiger partial charge in [0, 0.05) is 16.8 Å². The number of rotatable bonds is 3. The number of H-pyrrole nitrogens is 1. The maximum Gasteiger partial charge on any atom is 0.255 e. The predicted octanol–water partition coefficient (Wildman–Crippen LogP) is 5.10. The van der Waals surface area contributed by atoms with Gasteiger partial charge in [0.25, 0.3) is 5.91 Å². The lowest BCUT2D eigenvalue weighted by Gasteiger charge is -2.06. The molecule has 4 heteroatoms. The third-order valence-corrected chi connectivity index (χ3v) is 4.33. The second kappa shape index (κ2) is 6.48. The highest BCUT2D eigenvalue weighted by Crippen LogP contribution is 2.22. The minimum Gasteiger partial charge on any atom is -0.338 e. The zero-order chi connectivity index (χ0) is 18.1. The number of carbonyl (C=O) groups is 1. The van der Waals surface area contributed by atoms with Crippen molar-refractivity contribution in [1.82, 2.24) is 9.97 Å². The normalized spacial score (nSPS) is 10.8. The van der Waals surface area contributed by atoms with E-state index in [1.165, 1.54) is 5.56 Å². The van der Waals surface area contributed by atoms with Crippen LogP contribution < -0.4 is 5.32 Å². The molecule has 0 bridgehead atoms. The number of anilines is 1. The number of imidazole rings is 1. The van der Waals surface area contributed by atoms with Crippen molar-refractivity contribution in [2.24, 2.45) is 0 Å². The number of hydrogen-bond acceptors (Lipinski definition) is 2. The molecular weight excluding hydrogens is 322 g/mol. The molecule has 3 aromatic carbocycles. The van der Waals surface area contributed by atoms with Gasteiger partial charge in [-0.3, -0.25) is 4.79 Å². The van der Waals surface area contributed by atoms with Crippen molar-refractivity contribution in [3.63, 3.8) is 0 Å². The van der Waals surface area contributed by atoms with Crippen LogP contribution in [-0.4, -0.2) is 15.9 Å². The van der Waals surface area contributed by atoms with E-state index in [0.29, 0.717) is 5.56 Å². The van der Waals surface area contributed by atoms with Crippen LogP contribution in [0.15, 0.2) is 66.7 Å². The topological polar surface area (TPSA) is 57.8 Å². The van der Waals surface area contributed by atoms with E-state index in [-0.39, 0.29) is 5.91 Å². The number of fused-ring (bicyclic) bond motifs is 1. The SMILES string of the molecule is Cc1cccc(NC(=O)c2ccc(-c3nc4ccc(C)cc4[nH]3)cc2)c1. The monoisotopic (exact) mass is 341 g/mol. The number of benzene rings is 3. The molecule has 0 aliphatic carbocycles. The molecule has 0 fully saturated rings. The Morgan fingerprint density at radius 2 is 1.69 bits per heavy atom. The number of nitrogens with zero attached hydrogens (tertiary/aromatic N) is 1. The van der Waals surface area contributed by atoms with Gasteiger partial charge in [-0.2, -0.15) is 0 Å². The molecule has 2 N–H and O–H groups in total. The molecule has 0 aliphatic heterocycles. The molecule has 1 aromatic heterocycles. The molecule has 1 heterocycles. The van der Waals surface area contributed by atoms with E-state index in [9.17, 15) is 4.79 Å². The van der Waals surface area contributed by atoms with Gasteiger partial charge in [0.05, 0.1) is 11.0 Å². The number of carbonyl (C=O) groups excluding carboxylic acids is 1. The summed E-state index contributed by atoms with van der Waals surface area (Å²) >= 11 is 0. The maximum atomic E-state index is 12.4. The molecule has 0 atom stereocenters. The molecule has 0 saturated carbocycles. The summed E-state index contributed by atoms with van der Waals surface area (Å²) in [5.41, 5.74) is 6.61. The summed E-state index contributed by atoms with van der Waals surface area (Å²) in [6.07, 6.45) is 0. The van der Waals surface area contributed by atoms with Crippen molar-refractivity contribution in [3.8, 4) is 11.4 Å². The van der Waals surface area contributed by atoms with Gasteiger partial charge in [0.2, 0.25) is 0 Å². The van der Waals surface area contributed by atoms with Gasteiger partial charge in [-0.25, -0.2) is 4.98 Å². The minimum atomic E-state index is -0.123. The van der Waals surface area contributed by atoms with Gasteiger partial charge >= 0.3 is 0 Å². The Labute approximate surface area is 151 Å². The smallest absolute Gasteiger partial charge is 0.255 e. The Morgan fingerprint density at radius 1 is 0.923 bits per heavy atom. The molecule has 0 spiro atoms. The second-order valence-electron chi connectivity index (χ2n) is 6.51. The van der Waals surface area contributed by atoms with E-state index in [1.54, 1.807) is 0 Å². The van der Waals surface area contributed by atoms with Gasteiger partial charge in [-0.1, -0.05) is 30.3 Å². The fourth-order valence-corrected chi connectivity index (χ4v) is 2.97. The summed E-state index contributed by atoms with van der Waals surface area (Å²) in [5.74, 6) is 0.679. The van der Waals surface area contributed by atoms with Crippen LogP contribution in [0.2, 0.25) is 0 Å². The van der Waals surface area contributed by atoms with Crippen LogP contribution in [0.25, 0.3) is 22.4 Å². The molecule has 0 saturated heterocycles. The van der Waals surface area contributed by atoms with Crippen LogP contribution in [0, 0.1) is 13.8 Å². The van der Waals surface area contributed by atoms with Crippen molar-refractivity contribution >= 4 is 22.6 Å². The largest absolute Gasteiger partial charge is 0.338 e. The van der Waals surface area contributed by atoms with E-state index < -0.39 is 0 Å². The quantitative estimate of drug-likeness (QED) is 0.545. The van der Waals surface area contributed by atoms with Crippen LogP contribution in [0.3, 0.4) is 0 Å². The van der Waals surface area contributed by atoms with E-state index in [4.69, 9.17) is 0 Å². The van der Waals surface area contributed by atoms with Crippen molar-refractivity contribution < 1.29 is 4.79 Å². The molecule has 4 aromatic rings. The van der Waals surface area contributed by atoms with Crippen LogP contribution in [0.5, 0.6) is 0 Å². The standard InChI is InChI=1S/C22H19N3O/c1-14-4-3-5-18(12-14)23-22(26)17-9-7-16(8-10-17)21-24-19-11-6-15(2)13-20(19)25-21/h3-13H,1-2H3,(H,23,26)(H,24,25). The van der Waals surface area contributed by atoms with E-state index >= 15 is 0 Å². The average Bonchev–Trinajstić information content (AvgIpc) is 3.05.